The molecule has 1 rings (SSSR count). The topological polar surface area (TPSA) is 111 Å². The second-order valence-electron chi connectivity index (χ2n) is 6.41. The van der Waals surface area contributed by atoms with Gasteiger partial charge in [-0.15, -0.1) is 0 Å². The summed E-state index contributed by atoms with van der Waals surface area (Å²) in [5.41, 5.74) is 5.37. The van der Waals surface area contributed by atoms with Crippen molar-refractivity contribution >= 4 is 17.9 Å². The van der Waals surface area contributed by atoms with Crippen LogP contribution in [0, 0.1) is 0 Å². The van der Waals surface area contributed by atoms with Gasteiger partial charge >= 0.3 is 6.09 Å². The van der Waals surface area contributed by atoms with Crippen molar-refractivity contribution in [2.45, 2.75) is 51.8 Å². The van der Waals surface area contributed by atoms with Gasteiger partial charge in [-0.3, -0.25) is 9.59 Å². The summed E-state index contributed by atoms with van der Waals surface area (Å²) in [6, 6.07) is 8.47. The Morgan fingerprint density at radius 3 is 2.33 bits per heavy atom. The van der Waals surface area contributed by atoms with Crippen LogP contribution in [-0.2, 0) is 20.9 Å². The number of carbonyl (C=O) groups excluding carboxylic acids is 3. The maximum absolute atomic E-state index is 12.3. The summed E-state index contributed by atoms with van der Waals surface area (Å²) in [7, 11) is 0. The second kappa shape index (κ2) is 8.90. The summed E-state index contributed by atoms with van der Waals surface area (Å²) in [4.78, 5) is 35.1. The zero-order valence-electron chi connectivity index (χ0n) is 14.3. The first-order valence-corrected chi connectivity index (χ1v) is 7.77. The Balaban J connectivity index is 2.64. The lowest BCUT2D eigenvalue weighted by Gasteiger charge is -2.23. The normalized spacial score (nSPS) is 12.1. The molecule has 0 aliphatic rings. The summed E-state index contributed by atoms with van der Waals surface area (Å²) in [6.45, 7) is 5.49. The third-order valence-electron chi connectivity index (χ3n) is 3.00. The molecular formula is C17H25N3O4. The molecule has 1 aromatic rings. The average molecular weight is 335 g/mol. The standard InChI is InChI=1S/C17H25N3O4/c1-17(2,3)24-16(23)20-13(9-10-14(18)21)15(22)19-11-12-7-5-4-6-8-12/h4-8,13H,9-11H2,1-3H3,(H2,18,21)(H,19,22)(H,20,23)/t13-/m0/s1. The van der Waals surface area contributed by atoms with E-state index in [0.717, 1.165) is 5.56 Å². The number of primary amides is 1. The van der Waals surface area contributed by atoms with E-state index in [2.05, 4.69) is 10.6 Å². The van der Waals surface area contributed by atoms with Crippen LogP contribution >= 0.6 is 0 Å². The molecule has 0 fully saturated rings. The van der Waals surface area contributed by atoms with E-state index in [-0.39, 0.29) is 12.8 Å². The lowest BCUT2D eigenvalue weighted by Crippen LogP contribution is -2.48. The molecule has 0 aliphatic heterocycles. The van der Waals surface area contributed by atoms with E-state index in [4.69, 9.17) is 10.5 Å². The molecule has 3 amide bonds. The molecule has 0 heterocycles. The number of benzene rings is 1. The summed E-state index contributed by atoms with van der Waals surface area (Å²) >= 11 is 0. The van der Waals surface area contributed by atoms with Gasteiger partial charge in [-0.2, -0.15) is 0 Å². The second-order valence-corrected chi connectivity index (χ2v) is 6.41. The quantitative estimate of drug-likeness (QED) is 0.700. The molecule has 0 radical (unpaired) electrons. The molecule has 0 aliphatic carbocycles. The minimum atomic E-state index is -0.893. The van der Waals surface area contributed by atoms with E-state index in [1.54, 1.807) is 20.8 Å². The predicted molar refractivity (Wildman–Crippen MR) is 89.9 cm³/mol. The third kappa shape index (κ3) is 8.17. The lowest BCUT2D eigenvalue weighted by molar-refractivity contribution is -0.124. The zero-order valence-corrected chi connectivity index (χ0v) is 14.3. The van der Waals surface area contributed by atoms with Crippen molar-refractivity contribution in [1.82, 2.24) is 10.6 Å². The number of hydrogen-bond acceptors (Lipinski definition) is 4. The Hall–Kier alpha value is -2.57. The zero-order chi connectivity index (χ0) is 18.2. The van der Waals surface area contributed by atoms with E-state index >= 15 is 0 Å². The third-order valence-corrected chi connectivity index (χ3v) is 3.00. The fourth-order valence-corrected chi connectivity index (χ4v) is 1.91. The van der Waals surface area contributed by atoms with Crippen molar-refractivity contribution < 1.29 is 19.1 Å². The predicted octanol–water partition coefficient (Wildman–Crippen LogP) is 1.46. The van der Waals surface area contributed by atoms with Crippen molar-refractivity contribution in [2.24, 2.45) is 5.73 Å². The molecule has 0 saturated carbocycles. The Kier molecular flexibility index (Phi) is 7.23. The number of hydrogen-bond donors (Lipinski definition) is 3. The van der Waals surface area contributed by atoms with E-state index in [1.165, 1.54) is 0 Å². The van der Waals surface area contributed by atoms with Gasteiger partial charge in [0.2, 0.25) is 11.8 Å². The molecule has 0 unspecified atom stereocenters. The monoisotopic (exact) mass is 335 g/mol. The number of amides is 3. The van der Waals surface area contributed by atoms with Gasteiger partial charge in [0, 0.05) is 13.0 Å². The number of ether oxygens (including phenoxy) is 1. The highest BCUT2D eigenvalue weighted by molar-refractivity contribution is 5.86. The molecule has 0 aromatic heterocycles. The van der Waals surface area contributed by atoms with Crippen LogP contribution in [0.1, 0.15) is 39.2 Å². The van der Waals surface area contributed by atoms with Crippen LogP contribution < -0.4 is 16.4 Å². The van der Waals surface area contributed by atoms with Crippen LogP contribution in [0.15, 0.2) is 30.3 Å². The van der Waals surface area contributed by atoms with Gasteiger partial charge in [0.25, 0.3) is 0 Å². The highest BCUT2D eigenvalue weighted by Gasteiger charge is 2.24. The molecule has 0 spiro atoms. The maximum atomic E-state index is 12.3. The van der Waals surface area contributed by atoms with Crippen LogP contribution in [0.5, 0.6) is 0 Å². The number of nitrogens with one attached hydrogen (secondary N) is 2. The maximum Gasteiger partial charge on any atom is 0.408 e. The van der Waals surface area contributed by atoms with Gasteiger partial charge < -0.3 is 21.1 Å². The molecule has 4 N–H and O–H groups in total. The van der Waals surface area contributed by atoms with E-state index in [1.807, 2.05) is 30.3 Å². The van der Waals surface area contributed by atoms with E-state index in [9.17, 15) is 14.4 Å². The minimum absolute atomic E-state index is 0.0147. The van der Waals surface area contributed by atoms with Gasteiger partial charge in [0.15, 0.2) is 0 Å². The molecule has 0 bridgehead atoms. The Labute approximate surface area is 141 Å². The van der Waals surface area contributed by atoms with Crippen molar-refractivity contribution in [3.63, 3.8) is 0 Å². The van der Waals surface area contributed by atoms with Crippen LogP contribution in [0.3, 0.4) is 0 Å². The molecule has 1 atom stereocenters. The summed E-state index contributed by atoms with van der Waals surface area (Å²) in [6.07, 6.45) is -0.624. The Bertz CT molecular complexity index is 567. The summed E-state index contributed by atoms with van der Waals surface area (Å²) < 4.78 is 5.14. The fraction of sp³-hybridized carbons (Fsp3) is 0.471. The van der Waals surface area contributed by atoms with Crippen molar-refractivity contribution in [3.8, 4) is 0 Å². The minimum Gasteiger partial charge on any atom is -0.444 e. The molecule has 7 heteroatoms. The van der Waals surface area contributed by atoms with Crippen LogP contribution in [-0.4, -0.2) is 29.6 Å². The van der Waals surface area contributed by atoms with Crippen molar-refractivity contribution in [1.29, 1.82) is 0 Å². The van der Waals surface area contributed by atoms with Crippen LogP contribution in [0.4, 0.5) is 4.79 Å². The Morgan fingerprint density at radius 1 is 1.17 bits per heavy atom. The molecule has 1 aromatic carbocycles. The highest BCUT2D eigenvalue weighted by Crippen LogP contribution is 2.08. The first kappa shape index (κ1) is 19.5. The number of rotatable bonds is 7. The van der Waals surface area contributed by atoms with Crippen molar-refractivity contribution in [2.75, 3.05) is 0 Å². The number of alkyl carbamates (subject to hydrolysis) is 1. The molecular weight excluding hydrogens is 310 g/mol. The molecule has 24 heavy (non-hydrogen) atoms. The van der Waals surface area contributed by atoms with Crippen molar-refractivity contribution in [3.05, 3.63) is 35.9 Å². The van der Waals surface area contributed by atoms with E-state index in [0.29, 0.717) is 6.54 Å². The number of nitrogens with two attached hydrogens (primary N) is 1. The van der Waals surface area contributed by atoms with E-state index < -0.39 is 29.6 Å². The average Bonchev–Trinajstić information content (AvgIpc) is 2.48. The van der Waals surface area contributed by atoms with Gasteiger partial charge in [-0.25, -0.2) is 4.79 Å². The van der Waals surface area contributed by atoms with Gasteiger partial charge in [-0.05, 0) is 32.8 Å². The first-order chi connectivity index (χ1) is 11.2. The van der Waals surface area contributed by atoms with Crippen LogP contribution in [0.25, 0.3) is 0 Å². The van der Waals surface area contributed by atoms with Gasteiger partial charge in [0.1, 0.15) is 11.6 Å². The SMILES string of the molecule is CC(C)(C)OC(=O)N[C@@H](CCC(N)=O)C(=O)NCc1ccccc1. The molecule has 132 valence electrons. The smallest absolute Gasteiger partial charge is 0.408 e. The van der Waals surface area contributed by atoms with Gasteiger partial charge in [0.05, 0.1) is 0 Å². The van der Waals surface area contributed by atoms with Gasteiger partial charge in [-0.1, -0.05) is 30.3 Å². The molecule has 7 nitrogen and oxygen atoms in total. The highest BCUT2D eigenvalue weighted by atomic mass is 16.6. The lowest BCUT2D eigenvalue weighted by atomic mass is 10.1. The Morgan fingerprint density at radius 2 is 1.79 bits per heavy atom. The van der Waals surface area contributed by atoms with Crippen LogP contribution in [0.2, 0.25) is 0 Å². The number of carbonyl (C=O) groups is 3. The molecule has 0 saturated heterocycles. The largest absolute Gasteiger partial charge is 0.444 e. The summed E-state index contributed by atoms with van der Waals surface area (Å²) in [5.74, 6) is -0.937. The first-order valence-electron chi connectivity index (χ1n) is 7.77. The fourth-order valence-electron chi connectivity index (χ4n) is 1.91. The summed E-state index contributed by atoms with van der Waals surface area (Å²) in [5, 5.41) is 5.21.